The van der Waals surface area contributed by atoms with Crippen LogP contribution in [-0.4, -0.2) is 92.8 Å². The second kappa shape index (κ2) is 17.6. The van der Waals surface area contributed by atoms with E-state index in [9.17, 15) is 38.7 Å². The van der Waals surface area contributed by atoms with E-state index in [0.29, 0.717) is 23.3 Å². The second-order valence-corrected chi connectivity index (χ2v) is 14.7. The molecule has 0 radical (unpaired) electrons. The zero-order valence-electron chi connectivity index (χ0n) is 33.1. The summed E-state index contributed by atoms with van der Waals surface area (Å²) in [6.07, 6.45) is 0.0332. The quantitative estimate of drug-likeness (QED) is 0.0725. The molecule has 4 atom stereocenters. The number of aromatic nitrogens is 2. The lowest BCUT2D eigenvalue weighted by molar-refractivity contribution is -0.172. The molecule has 0 aliphatic carbocycles. The van der Waals surface area contributed by atoms with Gasteiger partial charge in [-0.1, -0.05) is 55.5 Å². The zero-order valence-corrected chi connectivity index (χ0v) is 33.1. The van der Waals surface area contributed by atoms with Gasteiger partial charge in [-0.15, -0.1) is 0 Å². The van der Waals surface area contributed by atoms with Gasteiger partial charge in [0.2, 0.25) is 29.5 Å². The Labute approximate surface area is 339 Å². The minimum absolute atomic E-state index is 0.0110. The average molecular weight is 809 g/mol. The summed E-state index contributed by atoms with van der Waals surface area (Å²) in [4.78, 5) is 97.3. The molecule has 2 aliphatic heterocycles. The molecule has 0 spiro atoms. The molecule has 4 heterocycles. The molecule has 17 heteroatoms. The van der Waals surface area contributed by atoms with Gasteiger partial charge in [0.1, 0.15) is 18.7 Å². The Morgan fingerprint density at radius 1 is 0.983 bits per heavy atom. The molecule has 2 aliphatic rings. The number of hydrogen-bond acceptors (Lipinski definition) is 11. The van der Waals surface area contributed by atoms with E-state index in [2.05, 4.69) is 16.0 Å². The van der Waals surface area contributed by atoms with E-state index >= 15 is 0 Å². The summed E-state index contributed by atoms with van der Waals surface area (Å²) in [7, 11) is 0. The number of nitrogens with two attached hydrogens (primary N) is 2. The first-order chi connectivity index (χ1) is 28.2. The summed E-state index contributed by atoms with van der Waals surface area (Å²) in [5.41, 5.74) is 13.6. The fraction of sp³-hybridized carbons (Fsp3) is 0.381. The maximum Gasteiger partial charge on any atom is 0.343 e. The zero-order chi connectivity index (χ0) is 42.6. The van der Waals surface area contributed by atoms with Crippen molar-refractivity contribution in [1.29, 1.82) is 0 Å². The molecule has 0 bridgehead atoms. The maximum atomic E-state index is 13.8. The van der Waals surface area contributed by atoms with Crippen molar-refractivity contribution in [2.45, 2.75) is 83.3 Å². The van der Waals surface area contributed by atoms with Gasteiger partial charge in [-0.25, -0.2) is 9.78 Å². The van der Waals surface area contributed by atoms with Crippen molar-refractivity contribution in [1.82, 2.24) is 30.4 Å². The van der Waals surface area contributed by atoms with Gasteiger partial charge in [0.05, 0.1) is 48.0 Å². The topological polar surface area (TPSA) is 258 Å². The largest absolute Gasteiger partial charge is 0.458 e. The van der Waals surface area contributed by atoms with Crippen LogP contribution in [-0.2, 0) is 65.1 Å². The summed E-state index contributed by atoms with van der Waals surface area (Å²) in [5, 5.41) is 19.6. The predicted octanol–water partition coefficient (Wildman–Crippen LogP) is 0.0217. The van der Waals surface area contributed by atoms with Gasteiger partial charge in [-0.2, -0.15) is 0 Å². The van der Waals surface area contributed by atoms with Crippen LogP contribution in [0.1, 0.15) is 61.4 Å². The molecule has 0 saturated heterocycles. The Kier molecular flexibility index (Phi) is 12.6. The summed E-state index contributed by atoms with van der Waals surface area (Å²) in [6.45, 7) is 4.78. The van der Waals surface area contributed by atoms with Crippen molar-refractivity contribution < 1.29 is 38.6 Å². The van der Waals surface area contributed by atoms with Gasteiger partial charge in [0.25, 0.3) is 5.56 Å². The number of carbonyl (C=O) groups excluding carboxylic acids is 6. The number of hydrogen-bond donors (Lipinski definition) is 6. The number of aliphatic hydroxyl groups is 1. The van der Waals surface area contributed by atoms with Gasteiger partial charge in [-0.05, 0) is 56.4 Å². The van der Waals surface area contributed by atoms with Crippen molar-refractivity contribution in [3.05, 3.63) is 98.8 Å². The molecule has 0 unspecified atom stereocenters. The Morgan fingerprint density at radius 2 is 1.69 bits per heavy atom. The van der Waals surface area contributed by atoms with Crippen molar-refractivity contribution in [3.8, 4) is 11.4 Å². The molecule has 0 saturated carbocycles. The van der Waals surface area contributed by atoms with Crippen LogP contribution in [0.3, 0.4) is 0 Å². The van der Waals surface area contributed by atoms with Gasteiger partial charge < -0.3 is 46.7 Å². The molecule has 4 aromatic rings. The maximum absolute atomic E-state index is 13.8. The second-order valence-electron chi connectivity index (χ2n) is 14.7. The monoisotopic (exact) mass is 808 g/mol. The van der Waals surface area contributed by atoms with E-state index < -0.39 is 72.2 Å². The van der Waals surface area contributed by atoms with Crippen LogP contribution in [0.25, 0.3) is 22.3 Å². The summed E-state index contributed by atoms with van der Waals surface area (Å²) in [6, 6.07) is 14.7. The summed E-state index contributed by atoms with van der Waals surface area (Å²) >= 11 is 0. The van der Waals surface area contributed by atoms with Crippen LogP contribution in [0, 0.1) is 0 Å². The van der Waals surface area contributed by atoms with E-state index in [4.69, 9.17) is 21.2 Å². The third-order valence-corrected chi connectivity index (χ3v) is 10.9. The third-order valence-electron chi connectivity index (χ3n) is 10.9. The Morgan fingerprint density at radius 3 is 2.39 bits per heavy atom. The highest BCUT2D eigenvalue weighted by Crippen LogP contribution is 2.40. The molecule has 6 rings (SSSR count). The molecule has 17 nitrogen and oxygen atoms in total. The fourth-order valence-corrected chi connectivity index (χ4v) is 7.56. The van der Waals surface area contributed by atoms with Crippen molar-refractivity contribution in [2.75, 3.05) is 19.6 Å². The van der Waals surface area contributed by atoms with Gasteiger partial charge >= 0.3 is 5.97 Å². The molecule has 5 amide bonds. The number of primary amides is 1. The lowest BCUT2D eigenvalue weighted by atomic mass is 9.86. The first kappa shape index (κ1) is 42.2. The number of benzene rings is 2. The van der Waals surface area contributed by atoms with Crippen LogP contribution in [0.5, 0.6) is 0 Å². The average Bonchev–Trinajstić information content (AvgIpc) is 3.59. The molecular formula is C42H48N8O9. The number of amides is 5. The van der Waals surface area contributed by atoms with Crippen LogP contribution >= 0.6 is 0 Å². The molecule has 8 N–H and O–H groups in total. The minimum atomic E-state index is -1.97. The Balaban J connectivity index is 1.12. The molecular weight excluding hydrogens is 761 g/mol. The van der Waals surface area contributed by atoms with Gasteiger partial charge in [0, 0.05) is 29.6 Å². The highest BCUT2D eigenvalue weighted by Gasteiger charge is 2.45. The number of para-hydroxylation sites is 1. The number of cyclic esters (lactones) is 1. The van der Waals surface area contributed by atoms with E-state index in [1.807, 2.05) is 54.6 Å². The number of pyridine rings is 2. The molecule has 0 fully saturated rings. The summed E-state index contributed by atoms with van der Waals surface area (Å²) in [5.74, 6) is -4.31. The number of likely N-dealkylation sites (N-methyl/N-ethyl adjacent to an activating group) is 1. The molecule has 2 aromatic carbocycles. The number of fused-ring (bicyclic) bond motifs is 5. The SMILES string of the molecule is CCN(CCc1c2c(nc3ccccc13)-c1cc3c(c(=O)n1C2)COC(=O)[C@]3(O)CC)C(=O)CNC(=O)[C@H](CC(N)=O)NC(=O)[C@H](C)NC(=O)[C@@H](N)Cc1ccccc1. The summed E-state index contributed by atoms with van der Waals surface area (Å²) < 4.78 is 6.76. The third kappa shape index (κ3) is 8.71. The highest BCUT2D eigenvalue weighted by atomic mass is 16.6. The highest BCUT2D eigenvalue weighted by molar-refractivity contribution is 5.96. The fourth-order valence-electron chi connectivity index (χ4n) is 7.56. The van der Waals surface area contributed by atoms with Crippen LogP contribution in [0.15, 0.2) is 65.5 Å². The number of ether oxygens (including phenoxy) is 1. The van der Waals surface area contributed by atoms with Crippen molar-refractivity contribution >= 4 is 46.4 Å². The number of rotatable bonds is 16. The lowest BCUT2D eigenvalue weighted by Gasteiger charge is -2.31. The number of carbonyl (C=O) groups is 6. The minimum Gasteiger partial charge on any atom is -0.458 e. The molecule has 2 aromatic heterocycles. The predicted molar refractivity (Wildman–Crippen MR) is 215 cm³/mol. The van der Waals surface area contributed by atoms with E-state index in [0.717, 1.165) is 22.1 Å². The lowest BCUT2D eigenvalue weighted by Crippen LogP contribution is -2.56. The normalized spacial score (nSPS) is 16.7. The number of esters is 1. The van der Waals surface area contributed by atoms with Crippen LogP contribution in [0.4, 0.5) is 0 Å². The molecule has 59 heavy (non-hydrogen) atoms. The van der Waals surface area contributed by atoms with Crippen LogP contribution in [0.2, 0.25) is 0 Å². The smallest absolute Gasteiger partial charge is 0.343 e. The standard InChI is InChI=1S/C42H48N8O9/c1-4-42(58)29-18-33-36-27(21-50(33)40(56)28(29)22-59-41(42)57)25(26-13-9-10-14-31(26)47-36)15-16-49(5-2)35(52)20-45-39(55)32(19-34(44)51)48-37(53)23(3)46-38(54)30(43)17-24-11-7-6-8-12-24/h6-14,18,23,30,32,58H,4-5,15-17,19-22,43H2,1-3H3,(H2,44,51)(H,45,55)(H,46,54)(H,48,53)/t23-,30-,32-,42-/m0/s1. The number of nitrogens with one attached hydrogen (secondary N) is 3. The Bertz CT molecular complexity index is 2380. The van der Waals surface area contributed by atoms with Crippen molar-refractivity contribution in [2.24, 2.45) is 11.5 Å². The van der Waals surface area contributed by atoms with E-state index in [-0.39, 0.29) is 55.8 Å². The first-order valence-corrected chi connectivity index (χ1v) is 19.5. The van der Waals surface area contributed by atoms with E-state index in [1.165, 1.54) is 11.8 Å². The first-order valence-electron chi connectivity index (χ1n) is 19.5. The van der Waals surface area contributed by atoms with Crippen molar-refractivity contribution in [3.63, 3.8) is 0 Å². The van der Waals surface area contributed by atoms with Crippen LogP contribution < -0.4 is 33.0 Å². The van der Waals surface area contributed by atoms with Gasteiger partial charge in [0.15, 0.2) is 5.60 Å². The van der Waals surface area contributed by atoms with E-state index in [1.54, 1.807) is 24.5 Å². The number of nitrogens with zero attached hydrogens (tertiary/aromatic N) is 3. The van der Waals surface area contributed by atoms with Gasteiger partial charge in [-0.3, -0.25) is 28.8 Å². The molecule has 310 valence electrons. The Hall–Kier alpha value is -6.46.